The van der Waals surface area contributed by atoms with Crippen molar-refractivity contribution in [2.45, 2.75) is 0 Å². The summed E-state index contributed by atoms with van der Waals surface area (Å²) >= 11 is 0. The van der Waals surface area contributed by atoms with Gasteiger partial charge in [-0.25, -0.2) is 110 Å². The fraction of sp³-hybridized carbons (Fsp3) is 0. The van der Waals surface area contributed by atoms with Crippen molar-refractivity contribution < 1.29 is 70.2 Å². The molecule has 0 radical (unpaired) electrons. The number of nitriles is 13. The van der Waals surface area contributed by atoms with E-state index in [-0.39, 0.29) is 73.3 Å². The highest BCUT2D eigenvalue weighted by Crippen LogP contribution is 2.56. The van der Waals surface area contributed by atoms with Crippen LogP contribution >= 0.6 is 0 Å². The maximum absolute atomic E-state index is 14.9. The number of rotatable bonds is 3. The van der Waals surface area contributed by atoms with Crippen LogP contribution in [0.5, 0.6) is 0 Å². The first-order valence-corrected chi connectivity index (χ1v) is 23.8. The van der Waals surface area contributed by atoms with Crippen molar-refractivity contribution in [2.75, 3.05) is 0 Å². The third-order valence-electron chi connectivity index (χ3n) is 12.6. The zero-order chi connectivity index (χ0) is 71.4. The van der Waals surface area contributed by atoms with Gasteiger partial charge in [0.1, 0.15) is 134 Å². The molecule has 0 atom stereocenters. The van der Waals surface area contributed by atoms with E-state index in [1.54, 1.807) is 36.4 Å². The van der Waals surface area contributed by atoms with Crippen molar-refractivity contribution in [3.05, 3.63) is 205 Å². The van der Waals surface area contributed by atoms with Crippen molar-refractivity contribution in [1.29, 1.82) is 68.4 Å². The number of hydrogen-bond acceptors (Lipinski definition) is 19. The lowest BCUT2D eigenvalue weighted by atomic mass is 10.00. The molecule has 1 aliphatic rings. The molecule has 1 aliphatic carbocycles. The first-order valence-electron chi connectivity index (χ1n) is 23.8. The molecule has 8 aromatic rings. The standard InChI is InChI=1S/C29HF12N5.C18N12.C12F4N4/c1-45-28(15-24(38)20(34)11(6-44)21(35)25(15)39)13-7(3-8-16(30)26(40)29(46-2)27(41)17(8)31)12(13)9(4-42)14-22(36)18(32)10(5-43)19(33)23(14)37;19-1-7-8(2-20)26-14-13(25-7)15-17(29-10(4-22)9(3-21)27-15)18-16(14)28-11(5-23)12(6-24)30-18;13-9-7(5(1-17)2-18)10(14)12(16)8(11(9)15)6(3-19)4-20/h3H;;. The molecule has 0 unspecified atom stereocenters. The number of nitrogens with zero attached hydrogens (tertiary/aromatic N) is 21. The quantitative estimate of drug-likeness (QED) is 0.0522. The molecule has 0 spiro atoms. The van der Waals surface area contributed by atoms with Crippen LogP contribution in [0.4, 0.5) is 75.9 Å². The Morgan fingerprint density at radius 2 is 0.604 bits per heavy atom. The third kappa shape index (κ3) is 10.8. The fourth-order valence-corrected chi connectivity index (χ4v) is 8.33. The van der Waals surface area contributed by atoms with Gasteiger partial charge in [0.05, 0.1) is 40.3 Å². The lowest BCUT2D eigenvalue weighted by Crippen LogP contribution is -2.31. The molecule has 0 aliphatic heterocycles. The predicted molar refractivity (Wildman–Crippen MR) is 277 cm³/mol. The Morgan fingerprint density at radius 1 is 0.323 bits per heavy atom. The molecule has 5 aromatic carbocycles. The maximum atomic E-state index is 14.9. The van der Waals surface area contributed by atoms with Gasteiger partial charge in [-0.1, -0.05) is 0 Å². The molecule has 1 fully saturated rings. The van der Waals surface area contributed by atoms with E-state index in [1.165, 1.54) is 0 Å². The summed E-state index contributed by atoms with van der Waals surface area (Å²) in [6.45, 7) is 14.0. The van der Waals surface area contributed by atoms with Crippen LogP contribution in [0.2, 0.25) is 0 Å². The van der Waals surface area contributed by atoms with Gasteiger partial charge in [0, 0.05) is 5.56 Å². The van der Waals surface area contributed by atoms with Crippen molar-refractivity contribution in [3.63, 3.8) is 0 Å². The Labute approximate surface area is 518 Å². The normalized spacial score (nSPS) is 12.1. The topological polar surface area (TPSA) is 395 Å². The molecule has 0 saturated heterocycles. The highest BCUT2D eigenvalue weighted by Gasteiger charge is 2.44. The van der Waals surface area contributed by atoms with Crippen LogP contribution in [-0.2, 0) is 0 Å². The summed E-state index contributed by atoms with van der Waals surface area (Å²) in [4.78, 5) is 29.6. The van der Waals surface area contributed by atoms with Gasteiger partial charge in [-0.2, -0.15) is 68.4 Å². The summed E-state index contributed by atoms with van der Waals surface area (Å²) in [5.41, 5.74) is -22.3. The maximum Gasteiger partial charge on any atom is 0.262 e. The zero-order valence-corrected chi connectivity index (χ0v) is 45.0. The van der Waals surface area contributed by atoms with Crippen molar-refractivity contribution in [2.24, 2.45) is 0 Å². The fourth-order valence-electron chi connectivity index (χ4n) is 8.33. The molecule has 37 heteroatoms. The molecule has 96 heavy (non-hydrogen) atoms. The van der Waals surface area contributed by atoms with E-state index in [0.29, 0.717) is 0 Å². The highest BCUT2D eigenvalue weighted by molar-refractivity contribution is 6.18. The molecule has 3 heterocycles. The number of aromatic nitrogens is 6. The van der Waals surface area contributed by atoms with Gasteiger partial charge in [-0.15, -0.1) is 0 Å². The van der Waals surface area contributed by atoms with Crippen molar-refractivity contribution >= 4 is 67.3 Å². The van der Waals surface area contributed by atoms with Gasteiger partial charge in [-0.05, 0) is 22.8 Å². The Hall–Kier alpha value is -15.7. The van der Waals surface area contributed by atoms with Crippen molar-refractivity contribution in [1.82, 2.24) is 29.9 Å². The molecule has 0 amide bonds. The van der Waals surface area contributed by atoms with Crippen LogP contribution in [0, 0.1) is 254 Å². The van der Waals surface area contributed by atoms with Crippen LogP contribution in [0.1, 0.15) is 62.0 Å². The SMILES string of the molecule is N#CC(C#N)=c1c(F)c(F)c(=C(C#N)C#N)c(F)c1F.N#Cc1nc2c3nc(C#N)c(C#N)nc3c3nc(C#N)c(C#N)nc3c2nc1C#N.[C-]#[N+]C(=C1C(=Cc2c(F)c(F)c([N+]#[C-])c(F)c2F)C1=C(C#N)c1c(F)c(F)c(C#N)c(F)c1F)c1c(F)c(F)c(C#N)c(F)c1F. The van der Waals surface area contributed by atoms with E-state index in [4.69, 9.17) is 44.7 Å². The largest absolute Gasteiger partial charge is 0.262 e. The molecule has 21 nitrogen and oxygen atoms in total. The Bertz CT molecular complexity index is 5300. The number of halogens is 16. The summed E-state index contributed by atoms with van der Waals surface area (Å²) in [5.74, 6) is -36.7. The molecule has 0 N–H and O–H groups in total. The molecule has 0 bridgehead atoms. The third-order valence-corrected chi connectivity index (χ3v) is 12.6. The summed E-state index contributed by atoms with van der Waals surface area (Å²) in [7, 11) is 0. The average molecular weight is 1310 g/mol. The highest BCUT2D eigenvalue weighted by atomic mass is 19.2. The van der Waals surface area contributed by atoms with Crippen LogP contribution in [-0.4, -0.2) is 29.9 Å². The van der Waals surface area contributed by atoms with Gasteiger partial charge in [0.2, 0.25) is 5.70 Å². The number of allylic oxidation sites excluding steroid dienone is 4. The first-order chi connectivity index (χ1) is 45.7. The lowest BCUT2D eigenvalue weighted by Gasteiger charge is -2.09. The minimum Gasteiger partial charge on any atom is -0.237 e. The van der Waals surface area contributed by atoms with E-state index in [1.807, 2.05) is 0 Å². The Balaban J connectivity index is 0.000000222. The van der Waals surface area contributed by atoms with Crippen LogP contribution < -0.4 is 10.4 Å². The summed E-state index contributed by atoms with van der Waals surface area (Å²) in [5, 5.41) is 114. The minimum atomic E-state index is -2.45. The van der Waals surface area contributed by atoms with E-state index in [0.717, 1.165) is 42.5 Å². The predicted octanol–water partition coefficient (Wildman–Crippen LogP) is 9.74. The number of fused-ring (bicyclic) bond motifs is 6. The Kier molecular flexibility index (Phi) is 18.8. The van der Waals surface area contributed by atoms with Gasteiger partial charge in [0.15, 0.2) is 127 Å². The lowest BCUT2D eigenvalue weighted by molar-refractivity contribution is 0.434. The van der Waals surface area contributed by atoms with E-state index >= 15 is 0 Å². The second kappa shape index (κ2) is 26.6. The Morgan fingerprint density at radius 3 is 0.833 bits per heavy atom. The smallest absolute Gasteiger partial charge is 0.237 e. The molecule has 1 saturated carbocycles. The molecule has 9 rings (SSSR count). The molecule has 3 aromatic heterocycles. The van der Waals surface area contributed by atoms with Crippen LogP contribution in [0.25, 0.3) is 71.3 Å². The van der Waals surface area contributed by atoms with E-state index in [9.17, 15) is 107 Å². The summed E-state index contributed by atoms with van der Waals surface area (Å²) < 4.78 is 230. The monoisotopic (exact) mass is 1310 g/mol. The minimum absolute atomic E-state index is 0.0178. The molecular formula is C59HF16N21. The van der Waals surface area contributed by atoms with Gasteiger partial charge in [-0.3, -0.25) is 0 Å². The first kappa shape index (κ1) is 67.8. The van der Waals surface area contributed by atoms with Crippen LogP contribution in [0.3, 0.4) is 0 Å². The van der Waals surface area contributed by atoms with Gasteiger partial charge in [0.25, 0.3) is 5.69 Å². The average Bonchev–Trinajstić information content (AvgIpc) is 1.57. The summed E-state index contributed by atoms with van der Waals surface area (Å²) in [6.07, 6.45) is -0.0178. The summed E-state index contributed by atoms with van der Waals surface area (Å²) in [6, 6.07) is 17.5. The van der Waals surface area contributed by atoms with E-state index < -0.39 is 176 Å². The van der Waals surface area contributed by atoms with E-state index in [2.05, 4.69) is 39.6 Å². The second-order valence-electron chi connectivity index (χ2n) is 17.3. The van der Waals surface area contributed by atoms with Crippen LogP contribution in [0.15, 0.2) is 16.7 Å². The second-order valence-corrected chi connectivity index (χ2v) is 17.3. The molecule has 454 valence electrons. The van der Waals surface area contributed by atoms with Gasteiger partial charge >= 0.3 is 0 Å². The zero-order valence-electron chi connectivity index (χ0n) is 45.0. The van der Waals surface area contributed by atoms with Crippen molar-refractivity contribution in [3.8, 4) is 78.9 Å². The molecular weight excluding hydrogens is 1310 g/mol. The number of hydrogen-bond donors (Lipinski definition) is 0. The number of benzene rings is 5. The van der Waals surface area contributed by atoms with Gasteiger partial charge < -0.3 is 0 Å².